The van der Waals surface area contributed by atoms with Crippen LogP contribution >= 0.6 is 0 Å². The van der Waals surface area contributed by atoms with Crippen LogP contribution in [0, 0.1) is 6.92 Å². The Morgan fingerprint density at radius 2 is 1.69 bits per heavy atom. The number of anilines is 1. The van der Waals surface area contributed by atoms with Crippen molar-refractivity contribution in [3.05, 3.63) is 95.6 Å². The summed E-state index contributed by atoms with van der Waals surface area (Å²) in [4.78, 5) is 15.6. The quantitative estimate of drug-likeness (QED) is 0.519. The molecule has 0 saturated carbocycles. The van der Waals surface area contributed by atoms with E-state index in [9.17, 15) is 13.2 Å². The van der Waals surface area contributed by atoms with Crippen molar-refractivity contribution in [2.45, 2.75) is 17.9 Å². The molecule has 0 spiro atoms. The summed E-state index contributed by atoms with van der Waals surface area (Å²) < 4.78 is 33.2. The highest BCUT2D eigenvalue weighted by Gasteiger charge is 2.24. The van der Waals surface area contributed by atoms with Crippen LogP contribution in [0.2, 0.25) is 0 Å². The number of hydrogen-bond acceptors (Lipinski definition) is 5. The van der Waals surface area contributed by atoms with E-state index in [1.807, 2.05) is 49.4 Å². The molecule has 1 N–H and O–H groups in total. The van der Waals surface area contributed by atoms with Crippen molar-refractivity contribution in [2.24, 2.45) is 0 Å². The number of benzene rings is 3. The number of sulfonamides is 1. The molecule has 8 heteroatoms. The second-order valence-corrected chi connectivity index (χ2v) is 10.7. The van der Waals surface area contributed by atoms with Crippen LogP contribution in [0.1, 0.15) is 27.5 Å². The van der Waals surface area contributed by atoms with Gasteiger partial charge >= 0.3 is 0 Å². The van der Waals surface area contributed by atoms with Crippen molar-refractivity contribution in [2.75, 3.05) is 44.2 Å². The van der Waals surface area contributed by atoms with Gasteiger partial charge < -0.3 is 10.1 Å². The Balaban J connectivity index is 1.55. The molecule has 1 aliphatic rings. The monoisotopic (exact) mass is 493 g/mol. The summed E-state index contributed by atoms with van der Waals surface area (Å²) in [5, 5.41) is 3.11. The zero-order chi connectivity index (χ0) is 24.8. The molecule has 3 aromatic rings. The standard InChI is InChI=1S/C27H31N3O4S/c1-21-11-13-24(14-12-21)29(2)35(32,33)25-10-6-9-23(19-25)27(31)28-26(22-7-4-3-5-8-22)20-30-15-17-34-18-16-30/h3-14,19,26H,15-18,20H2,1-2H3,(H,28,31)/t26-/m0/s1. The number of hydrogen-bond donors (Lipinski definition) is 1. The zero-order valence-electron chi connectivity index (χ0n) is 20.1. The van der Waals surface area contributed by atoms with E-state index in [4.69, 9.17) is 4.74 Å². The third kappa shape index (κ3) is 6.08. The average molecular weight is 494 g/mol. The molecule has 0 aliphatic carbocycles. The maximum atomic E-state index is 13.3. The third-order valence-electron chi connectivity index (χ3n) is 6.20. The molecule has 35 heavy (non-hydrogen) atoms. The first kappa shape index (κ1) is 24.9. The Bertz CT molecular complexity index is 1240. The van der Waals surface area contributed by atoms with E-state index in [-0.39, 0.29) is 16.8 Å². The molecule has 0 bridgehead atoms. The predicted molar refractivity (Wildman–Crippen MR) is 137 cm³/mol. The van der Waals surface area contributed by atoms with Crippen molar-refractivity contribution in [1.29, 1.82) is 0 Å². The van der Waals surface area contributed by atoms with Crippen molar-refractivity contribution in [3.63, 3.8) is 0 Å². The average Bonchev–Trinajstić information content (AvgIpc) is 2.89. The number of aryl methyl sites for hydroxylation is 1. The minimum absolute atomic E-state index is 0.0673. The smallest absolute Gasteiger partial charge is 0.264 e. The molecule has 7 nitrogen and oxygen atoms in total. The van der Waals surface area contributed by atoms with E-state index < -0.39 is 10.0 Å². The normalized spacial score (nSPS) is 15.4. The highest BCUT2D eigenvalue weighted by Crippen LogP contribution is 2.23. The zero-order valence-corrected chi connectivity index (χ0v) is 20.9. The fraction of sp³-hybridized carbons (Fsp3) is 0.296. The fourth-order valence-corrected chi connectivity index (χ4v) is 5.29. The summed E-state index contributed by atoms with van der Waals surface area (Å²) in [6.07, 6.45) is 0. The lowest BCUT2D eigenvalue weighted by molar-refractivity contribution is 0.0332. The van der Waals surface area contributed by atoms with Crippen molar-refractivity contribution in [1.82, 2.24) is 10.2 Å². The van der Waals surface area contributed by atoms with Crippen LogP contribution in [0.3, 0.4) is 0 Å². The van der Waals surface area contributed by atoms with Crippen LogP contribution in [-0.4, -0.2) is 59.1 Å². The summed E-state index contributed by atoms with van der Waals surface area (Å²) >= 11 is 0. The van der Waals surface area contributed by atoms with Crippen LogP contribution in [-0.2, 0) is 14.8 Å². The van der Waals surface area contributed by atoms with Gasteiger partial charge in [-0.1, -0.05) is 54.1 Å². The largest absolute Gasteiger partial charge is 0.379 e. The van der Waals surface area contributed by atoms with Gasteiger partial charge in [0, 0.05) is 32.2 Å². The van der Waals surface area contributed by atoms with Crippen LogP contribution in [0.15, 0.2) is 83.8 Å². The van der Waals surface area contributed by atoms with Gasteiger partial charge in [-0.2, -0.15) is 0 Å². The molecule has 1 heterocycles. The van der Waals surface area contributed by atoms with Crippen LogP contribution in [0.25, 0.3) is 0 Å². The Labute approximate surface area is 207 Å². The number of rotatable bonds is 8. The fourth-order valence-electron chi connectivity index (χ4n) is 4.05. The Morgan fingerprint density at radius 1 is 1.00 bits per heavy atom. The molecular formula is C27H31N3O4S. The Morgan fingerprint density at radius 3 is 2.37 bits per heavy atom. The number of nitrogens with zero attached hydrogens (tertiary/aromatic N) is 2. The van der Waals surface area contributed by atoms with Crippen LogP contribution < -0.4 is 9.62 Å². The second-order valence-electron chi connectivity index (χ2n) is 8.69. The van der Waals surface area contributed by atoms with Gasteiger partial charge in [-0.05, 0) is 42.8 Å². The molecule has 4 rings (SSSR count). The number of nitrogens with one attached hydrogen (secondary N) is 1. The van der Waals surface area contributed by atoms with Gasteiger partial charge in [-0.15, -0.1) is 0 Å². The van der Waals surface area contributed by atoms with Gasteiger partial charge in [-0.3, -0.25) is 14.0 Å². The minimum atomic E-state index is -3.83. The van der Waals surface area contributed by atoms with Gasteiger partial charge in [0.2, 0.25) is 0 Å². The topological polar surface area (TPSA) is 79.0 Å². The lowest BCUT2D eigenvalue weighted by atomic mass is 10.1. The molecule has 1 aliphatic heterocycles. The lowest BCUT2D eigenvalue weighted by Crippen LogP contribution is -2.43. The van der Waals surface area contributed by atoms with Crippen LogP contribution in [0.5, 0.6) is 0 Å². The van der Waals surface area contributed by atoms with Crippen molar-refractivity contribution in [3.8, 4) is 0 Å². The highest BCUT2D eigenvalue weighted by atomic mass is 32.2. The summed E-state index contributed by atoms with van der Waals surface area (Å²) in [6.45, 7) is 5.54. The molecule has 1 amide bonds. The molecule has 0 aromatic heterocycles. The summed E-state index contributed by atoms with van der Waals surface area (Å²) in [5.41, 5.74) is 2.89. The summed E-state index contributed by atoms with van der Waals surface area (Å²) in [7, 11) is -2.32. The van der Waals surface area contributed by atoms with E-state index in [0.717, 1.165) is 24.2 Å². The van der Waals surface area contributed by atoms with Gasteiger partial charge in [0.15, 0.2) is 0 Å². The third-order valence-corrected chi connectivity index (χ3v) is 7.99. The SMILES string of the molecule is Cc1ccc(N(C)S(=O)(=O)c2cccc(C(=O)N[C@@H](CN3CCOCC3)c3ccccc3)c2)cc1. The number of carbonyl (C=O) groups is 1. The number of morpholine rings is 1. The number of amides is 1. The first-order chi connectivity index (χ1) is 16.8. The van der Waals surface area contributed by atoms with E-state index in [1.54, 1.807) is 24.3 Å². The van der Waals surface area contributed by atoms with E-state index >= 15 is 0 Å². The maximum Gasteiger partial charge on any atom is 0.264 e. The number of ether oxygens (including phenoxy) is 1. The molecule has 1 atom stereocenters. The summed E-state index contributed by atoms with van der Waals surface area (Å²) in [6, 6.07) is 23.0. The lowest BCUT2D eigenvalue weighted by Gasteiger charge is -2.31. The molecule has 3 aromatic carbocycles. The van der Waals surface area contributed by atoms with E-state index in [2.05, 4.69) is 10.2 Å². The van der Waals surface area contributed by atoms with Crippen molar-refractivity contribution >= 4 is 21.6 Å². The molecule has 1 fully saturated rings. The Kier molecular flexibility index (Phi) is 7.85. The highest BCUT2D eigenvalue weighted by molar-refractivity contribution is 7.92. The molecular weight excluding hydrogens is 462 g/mol. The van der Waals surface area contributed by atoms with Gasteiger partial charge in [0.05, 0.1) is 29.8 Å². The van der Waals surface area contributed by atoms with E-state index in [0.29, 0.717) is 31.0 Å². The Hall–Kier alpha value is -3.20. The first-order valence-electron chi connectivity index (χ1n) is 11.7. The van der Waals surface area contributed by atoms with Gasteiger partial charge in [0.1, 0.15) is 0 Å². The number of carbonyl (C=O) groups excluding carboxylic acids is 1. The van der Waals surface area contributed by atoms with Gasteiger partial charge in [0.25, 0.3) is 15.9 Å². The molecule has 0 radical (unpaired) electrons. The molecule has 184 valence electrons. The van der Waals surface area contributed by atoms with Crippen molar-refractivity contribution < 1.29 is 17.9 Å². The second kappa shape index (κ2) is 11.0. The predicted octanol–water partition coefficient (Wildman–Crippen LogP) is 3.62. The minimum Gasteiger partial charge on any atom is -0.379 e. The van der Waals surface area contributed by atoms with Gasteiger partial charge in [-0.25, -0.2) is 8.42 Å². The maximum absolute atomic E-state index is 13.3. The molecule has 1 saturated heterocycles. The summed E-state index contributed by atoms with van der Waals surface area (Å²) in [5.74, 6) is -0.317. The van der Waals surface area contributed by atoms with E-state index in [1.165, 1.54) is 23.5 Å². The van der Waals surface area contributed by atoms with Crippen LogP contribution in [0.4, 0.5) is 5.69 Å². The first-order valence-corrected chi connectivity index (χ1v) is 13.1. The molecule has 0 unspecified atom stereocenters.